The zero-order chi connectivity index (χ0) is 14.6. The fourth-order valence-electron chi connectivity index (χ4n) is 1.71. The molecule has 0 fully saturated rings. The van der Waals surface area contributed by atoms with E-state index in [1.807, 2.05) is 6.07 Å². The van der Waals surface area contributed by atoms with Gasteiger partial charge < -0.3 is 5.73 Å². The molecular weight excluding hydrogens is 292 g/mol. The monoisotopic (exact) mass is 306 g/mol. The van der Waals surface area contributed by atoms with Crippen LogP contribution in [0.25, 0.3) is 0 Å². The molecule has 2 aromatic carbocycles. The summed E-state index contributed by atoms with van der Waals surface area (Å²) in [6, 6.07) is 15.2. The van der Waals surface area contributed by atoms with Crippen LogP contribution in [-0.2, 0) is 16.4 Å². The van der Waals surface area contributed by atoms with Gasteiger partial charge in [0.25, 0.3) is 10.0 Å². The standard InChI is InChI=1S/C14H14N2O2S2/c15-14(19)10-11-6-8-13(9-7-11)20(17,18)16-12-4-2-1-3-5-12/h1-9,16H,10H2,(H2,15,19). The molecule has 3 N–H and O–H groups in total. The molecule has 104 valence electrons. The maximum atomic E-state index is 12.2. The summed E-state index contributed by atoms with van der Waals surface area (Å²) in [5.74, 6) is 0. The Morgan fingerprint density at radius 3 is 2.20 bits per heavy atom. The topological polar surface area (TPSA) is 72.2 Å². The Labute approximate surface area is 123 Å². The molecule has 0 aliphatic heterocycles. The molecule has 0 saturated carbocycles. The molecule has 2 aromatic rings. The zero-order valence-electron chi connectivity index (χ0n) is 10.6. The van der Waals surface area contributed by atoms with Crippen LogP contribution in [0.3, 0.4) is 0 Å². The van der Waals surface area contributed by atoms with E-state index in [-0.39, 0.29) is 4.90 Å². The smallest absolute Gasteiger partial charge is 0.261 e. The minimum Gasteiger partial charge on any atom is -0.393 e. The SMILES string of the molecule is NC(=S)Cc1ccc(S(=O)(=O)Nc2ccccc2)cc1. The Balaban J connectivity index is 2.19. The van der Waals surface area contributed by atoms with Gasteiger partial charge in [0.05, 0.1) is 9.88 Å². The number of hydrogen-bond donors (Lipinski definition) is 2. The zero-order valence-corrected chi connectivity index (χ0v) is 12.2. The molecule has 0 bridgehead atoms. The largest absolute Gasteiger partial charge is 0.393 e. The average molecular weight is 306 g/mol. The second-order valence-electron chi connectivity index (χ2n) is 4.26. The molecule has 0 amide bonds. The Hall–Kier alpha value is -1.92. The number of benzene rings is 2. The molecule has 0 spiro atoms. The maximum Gasteiger partial charge on any atom is 0.261 e. The van der Waals surface area contributed by atoms with E-state index in [1.54, 1.807) is 48.5 Å². The van der Waals surface area contributed by atoms with Crippen LogP contribution in [0.5, 0.6) is 0 Å². The normalized spacial score (nSPS) is 11.0. The molecule has 6 heteroatoms. The van der Waals surface area contributed by atoms with Crippen LogP contribution in [0, 0.1) is 0 Å². The van der Waals surface area contributed by atoms with Crippen molar-refractivity contribution >= 4 is 32.9 Å². The molecule has 2 rings (SSSR count). The average Bonchev–Trinajstić information content (AvgIpc) is 2.39. The molecule has 20 heavy (non-hydrogen) atoms. The lowest BCUT2D eigenvalue weighted by molar-refractivity contribution is 0.601. The number of rotatable bonds is 5. The lowest BCUT2D eigenvalue weighted by atomic mass is 10.1. The third kappa shape index (κ3) is 3.79. The predicted octanol–water partition coefficient (Wildman–Crippen LogP) is 2.32. The van der Waals surface area contributed by atoms with Crippen molar-refractivity contribution in [3.05, 3.63) is 60.2 Å². The molecule has 0 unspecified atom stereocenters. The van der Waals surface area contributed by atoms with Crippen molar-refractivity contribution in [3.8, 4) is 0 Å². The van der Waals surface area contributed by atoms with Crippen LogP contribution in [0.2, 0.25) is 0 Å². The third-order valence-corrected chi connectivity index (χ3v) is 4.18. The molecule has 0 radical (unpaired) electrons. The molecule has 0 saturated heterocycles. The maximum absolute atomic E-state index is 12.2. The summed E-state index contributed by atoms with van der Waals surface area (Å²) < 4.78 is 26.9. The second-order valence-corrected chi connectivity index (χ2v) is 6.47. The molecule has 4 nitrogen and oxygen atoms in total. The van der Waals surface area contributed by atoms with Crippen molar-refractivity contribution < 1.29 is 8.42 Å². The number of nitrogens with one attached hydrogen (secondary N) is 1. The quantitative estimate of drug-likeness (QED) is 0.832. The minimum absolute atomic E-state index is 0.202. The summed E-state index contributed by atoms with van der Waals surface area (Å²) >= 11 is 4.82. The van der Waals surface area contributed by atoms with Crippen LogP contribution in [0.4, 0.5) is 5.69 Å². The van der Waals surface area contributed by atoms with Crippen LogP contribution in [0.1, 0.15) is 5.56 Å². The first-order chi connectivity index (χ1) is 9.47. The van der Waals surface area contributed by atoms with Crippen molar-refractivity contribution in [1.29, 1.82) is 0 Å². The van der Waals surface area contributed by atoms with E-state index in [0.717, 1.165) is 5.56 Å². The van der Waals surface area contributed by atoms with Crippen molar-refractivity contribution in [2.45, 2.75) is 11.3 Å². The lowest BCUT2D eigenvalue weighted by Gasteiger charge is -2.08. The highest BCUT2D eigenvalue weighted by Crippen LogP contribution is 2.16. The van der Waals surface area contributed by atoms with Crippen molar-refractivity contribution in [1.82, 2.24) is 0 Å². The van der Waals surface area contributed by atoms with E-state index >= 15 is 0 Å². The van der Waals surface area contributed by atoms with Crippen molar-refractivity contribution in [2.24, 2.45) is 5.73 Å². The summed E-state index contributed by atoms with van der Waals surface area (Å²) in [5, 5.41) is 0. The van der Waals surface area contributed by atoms with Gasteiger partial charge >= 0.3 is 0 Å². The highest BCUT2D eigenvalue weighted by Gasteiger charge is 2.13. The van der Waals surface area contributed by atoms with E-state index in [0.29, 0.717) is 17.1 Å². The number of sulfonamides is 1. The first-order valence-corrected chi connectivity index (χ1v) is 7.81. The molecule has 0 aromatic heterocycles. The summed E-state index contributed by atoms with van der Waals surface area (Å²) in [6.45, 7) is 0. The van der Waals surface area contributed by atoms with Gasteiger partial charge in [0, 0.05) is 12.1 Å². The second kappa shape index (κ2) is 6.02. The van der Waals surface area contributed by atoms with E-state index in [4.69, 9.17) is 18.0 Å². The van der Waals surface area contributed by atoms with Crippen LogP contribution >= 0.6 is 12.2 Å². The highest BCUT2D eigenvalue weighted by atomic mass is 32.2. The number of hydrogen-bond acceptors (Lipinski definition) is 3. The Morgan fingerprint density at radius 2 is 1.65 bits per heavy atom. The summed E-state index contributed by atoms with van der Waals surface area (Å²) in [7, 11) is -3.57. The van der Waals surface area contributed by atoms with E-state index in [2.05, 4.69) is 4.72 Å². The fraction of sp³-hybridized carbons (Fsp3) is 0.0714. The lowest BCUT2D eigenvalue weighted by Crippen LogP contribution is -2.13. The number of thiocarbonyl (C=S) groups is 1. The number of anilines is 1. The minimum atomic E-state index is -3.57. The van der Waals surface area contributed by atoms with Gasteiger partial charge in [-0.2, -0.15) is 0 Å². The Kier molecular flexibility index (Phi) is 4.36. The van der Waals surface area contributed by atoms with Gasteiger partial charge in [0.1, 0.15) is 0 Å². The van der Waals surface area contributed by atoms with Gasteiger partial charge in [-0.3, -0.25) is 4.72 Å². The Bertz CT molecular complexity index is 696. The van der Waals surface area contributed by atoms with Gasteiger partial charge in [-0.05, 0) is 29.8 Å². The molecule has 0 aliphatic rings. The molecule has 0 atom stereocenters. The van der Waals surface area contributed by atoms with Crippen LogP contribution < -0.4 is 10.5 Å². The summed E-state index contributed by atoms with van der Waals surface area (Å²) in [4.78, 5) is 0.580. The summed E-state index contributed by atoms with van der Waals surface area (Å²) in [5.41, 5.74) is 6.86. The summed E-state index contributed by atoms with van der Waals surface area (Å²) in [6.07, 6.45) is 0.460. The first-order valence-electron chi connectivity index (χ1n) is 5.92. The van der Waals surface area contributed by atoms with E-state index < -0.39 is 10.0 Å². The molecular formula is C14H14N2O2S2. The van der Waals surface area contributed by atoms with Gasteiger partial charge in [-0.1, -0.05) is 42.5 Å². The van der Waals surface area contributed by atoms with Gasteiger partial charge in [-0.15, -0.1) is 0 Å². The van der Waals surface area contributed by atoms with Gasteiger partial charge in [0.15, 0.2) is 0 Å². The number of nitrogens with two attached hydrogens (primary N) is 1. The van der Waals surface area contributed by atoms with Gasteiger partial charge in [-0.25, -0.2) is 8.42 Å². The molecule has 0 heterocycles. The fourth-order valence-corrected chi connectivity index (χ4v) is 2.93. The van der Waals surface area contributed by atoms with Crippen molar-refractivity contribution in [3.63, 3.8) is 0 Å². The Morgan fingerprint density at radius 1 is 1.05 bits per heavy atom. The van der Waals surface area contributed by atoms with E-state index in [9.17, 15) is 8.42 Å². The number of para-hydroxylation sites is 1. The first kappa shape index (κ1) is 14.5. The predicted molar refractivity (Wildman–Crippen MR) is 84.2 cm³/mol. The van der Waals surface area contributed by atoms with Crippen LogP contribution in [-0.4, -0.2) is 13.4 Å². The van der Waals surface area contributed by atoms with Crippen LogP contribution in [0.15, 0.2) is 59.5 Å². The molecule has 0 aliphatic carbocycles. The highest BCUT2D eigenvalue weighted by molar-refractivity contribution is 7.92. The van der Waals surface area contributed by atoms with Gasteiger partial charge in [0.2, 0.25) is 0 Å². The third-order valence-electron chi connectivity index (χ3n) is 2.64. The van der Waals surface area contributed by atoms with Crippen molar-refractivity contribution in [2.75, 3.05) is 4.72 Å². The van der Waals surface area contributed by atoms with E-state index in [1.165, 1.54) is 0 Å².